The van der Waals surface area contributed by atoms with Crippen LogP contribution in [0.15, 0.2) is 42.7 Å². The lowest BCUT2D eigenvalue weighted by molar-refractivity contribution is 0.0977. The fourth-order valence-electron chi connectivity index (χ4n) is 1.69. The van der Waals surface area contributed by atoms with Gasteiger partial charge in [-0.15, -0.1) is 0 Å². The molecule has 0 saturated carbocycles. The van der Waals surface area contributed by atoms with E-state index in [1.54, 1.807) is 6.07 Å². The topological polar surface area (TPSA) is 53.8 Å². The Morgan fingerprint density at radius 1 is 1.37 bits per heavy atom. The first-order valence-corrected chi connectivity index (χ1v) is 5.80. The van der Waals surface area contributed by atoms with Gasteiger partial charge in [0.15, 0.2) is 5.78 Å². The molecule has 19 heavy (non-hydrogen) atoms. The van der Waals surface area contributed by atoms with E-state index in [0.29, 0.717) is 0 Å². The number of rotatable bonds is 3. The Bertz CT molecular complexity index is 652. The number of aromatic nitrogens is 1. The predicted molar refractivity (Wildman–Crippen MR) is 68.3 cm³/mol. The predicted octanol–water partition coefficient (Wildman–Crippen LogP) is 3.36. The second-order valence-corrected chi connectivity index (χ2v) is 4.22. The summed E-state index contributed by atoms with van der Waals surface area (Å²) in [6.07, 6.45) is 2.85. The Labute approximate surface area is 114 Å². The van der Waals surface area contributed by atoms with E-state index in [-0.39, 0.29) is 16.1 Å². The van der Waals surface area contributed by atoms with Gasteiger partial charge >= 0.3 is 0 Å². The zero-order valence-corrected chi connectivity index (χ0v) is 10.4. The van der Waals surface area contributed by atoms with Crippen LogP contribution in [0, 0.1) is 17.1 Å². The SMILES string of the molecule is N#CC(C(=O)c1cccnc1)c1cccc(Cl)c1F. The number of Topliss-reactive ketones (excluding diaryl/α,β-unsaturated/α-hetero) is 1. The van der Waals surface area contributed by atoms with Gasteiger partial charge in [-0.2, -0.15) is 5.26 Å². The fourth-order valence-corrected chi connectivity index (χ4v) is 1.87. The summed E-state index contributed by atoms with van der Waals surface area (Å²) in [5.74, 6) is -2.48. The van der Waals surface area contributed by atoms with Gasteiger partial charge in [-0.25, -0.2) is 4.39 Å². The summed E-state index contributed by atoms with van der Waals surface area (Å²) in [5, 5.41) is 9.01. The number of nitriles is 1. The van der Waals surface area contributed by atoms with Crippen LogP contribution in [-0.2, 0) is 0 Å². The maximum atomic E-state index is 13.9. The zero-order valence-electron chi connectivity index (χ0n) is 9.68. The van der Waals surface area contributed by atoms with Crippen LogP contribution >= 0.6 is 11.6 Å². The molecule has 1 unspecified atom stereocenters. The number of carbonyl (C=O) groups is 1. The van der Waals surface area contributed by atoms with E-state index < -0.39 is 17.5 Å². The van der Waals surface area contributed by atoms with Crippen LogP contribution in [0.4, 0.5) is 4.39 Å². The van der Waals surface area contributed by atoms with Gasteiger partial charge in [0.05, 0.1) is 11.1 Å². The maximum absolute atomic E-state index is 13.9. The molecule has 0 saturated heterocycles. The molecule has 0 amide bonds. The molecule has 3 nitrogen and oxygen atoms in total. The molecule has 94 valence electrons. The van der Waals surface area contributed by atoms with Crippen molar-refractivity contribution in [1.82, 2.24) is 4.98 Å². The minimum absolute atomic E-state index is 0.0242. The summed E-state index contributed by atoms with van der Waals surface area (Å²) in [6.45, 7) is 0. The van der Waals surface area contributed by atoms with Crippen LogP contribution in [0.3, 0.4) is 0 Å². The van der Waals surface area contributed by atoms with E-state index >= 15 is 0 Å². The Morgan fingerprint density at radius 2 is 2.16 bits per heavy atom. The maximum Gasteiger partial charge on any atom is 0.186 e. The lowest BCUT2D eigenvalue weighted by Crippen LogP contribution is -2.13. The molecule has 1 aromatic heterocycles. The number of hydrogen-bond donors (Lipinski definition) is 0. The third-order valence-electron chi connectivity index (χ3n) is 2.63. The molecule has 0 bridgehead atoms. The Morgan fingerprint density at radius 3 is 2.79 bits per heavy atom. The molecule has 0 radical (unpaired) electrons. The van der Waals surface area contributed by atoms with Crippen molar-refractivity contribution in [2.45, 2.75) is 5.92 Å². The molecule has 2 rings (SSSR count). The molecular formula is C14H8ClFN2O. The van der Waals surface area contributed by atoms with E-state index in [0.717, 1.165) is 0 Å². The van der Waals surface area contributed by atoms with Gasteiger partial charge in [0.2, 0.25) is 0 Å². The smallest absolute Gasteiger partial charge is 0.186 e. The largest absolute Gasteiger partial charge is 0.292 e. The van der Waals surface area contributed by atoms with Gasteiger partial charge in [-0.05, 0) is 18.2 Å². The second-order valence-electron chi connectivity index (χ2n) is 3.81. The molecule has 0 fully saturated rings. The first kappa shape index (κ1) is 13.2. The average molecular weight is 275 g/mol. The van der Waals surface area contributed by atoms with Crippen LogP contribution in [0.25, 0.3) is 0 Å². The molecular weight excluding hydrogens is 267 g/mol. The van der Waals surface area contributed by atoms with E-state index in [2.05, 4.69) is 4.98 Å². The average Bonchev–Trinajstić information content (AvgIpc) is 2.45. The van der Waals surface area contributed by atoms with Gasteiger partial charge in [-0.1, -0.05) is 23.7 Å². The van der Waals surface area contributed by atoms with Gasteiger partial charge in [0, 0.05) is 23.5 Å². The van der Waals surface area contributed by atoms with Crippen LogP contribution in [0.1, 0.15) is 21.8 Å². The zero-order chi connectivity index (χ0) is 13.8. The van der Waals surface area contributed by atoms with Crippen LogP contribution in [0.5, 0.6) is 0 Å². The number of halogens is 2. The molecule has 5 heteroatoms. The number of carbonyl (C=O) groups excluding carboxylic acids is 1. The van der Waals surface area contributed by atoms with Crippen LogP contribution in [0.2, 0.25) is 5.02 Å². The normalized spacial score (nSPS) is 11.6. The highest BCUT2D eigenvalue weighted by molar-refractivity contribution is 6.30. The van der Waals surface area contributed by atoms with Gasteiger partial charge < -0.3 is 0 Å². The van der Waals surface area contributed by atoms with Crippen LogP contribution in [-0.4, -0.2) is 10.8 Å². The van der Waals surface area contributed by atoms with Crippen molar-refractivity contribution in [3.63, 3.8) is 0 Å². The Hall–Kier alpha value is -2.25. The number of hydrogen-bond acceptors (Lipinski definition) is 3. The highest BCUT2D eigenvalue weighted by atomic mass is 35.5. The van der Waals surface area contributed by atoms with E-state index in [1.807, 2.05) is 6.07 Å². The summed E-state index contributed by atoms with van der Waals surface area (Å²) in [4.78, 5) is 16.0. The second kappa shape index (κ2) is 5.59. The van der Waals surface area contributed by atoms with Gasteiger partial charge in [-0.3, -0.25) is 9.78 Å². The van der Waals surface area contributed by atoms with Gasteiger partial charge in [0.25, 0.3) is 0 Å². The van der Waals surface area contributed by atoms with E-state index in [1.165, 1.54) is 36.7 Å². The monoisotopic (exact) mass is 274 g/mol. The van der Waals surface area contributed by atoms with Crippen molar-refractivity contribution in [2.75, 3.05) is 0 Å². The third kappa shape index (κ3) is 2.61. The summed E-state index contributed by atoms with van der Waals surface area (Å²) in [7, 11) is 0. The molecule has 0 aliphatic heterocycles. The van der Waals surface area contributed by atoms with E-state index in [9.17, 15) is 9.18 Å². The van der Waals surface area contributed by atoms with E-state index in [4.69, 9.17) is 16.9 Å². The number of benzene rings is 1. The van der Waals surface area contributed by atoms with Crippen molar-refractivity contribution in [2.24, 2.45) is 0 Å². The van der Waals surface area contributed by atoms with Gasteiger partial charge in [0.1, 0.15) is 11.7 Å². The molecule has 2 aromatic rings. The molecule has 1 atom stereocenters. The highest BCUT2D eigenvalue weighted by Crippen LogP contribution is 2.26. The number of nitrogens with zero attached hydrogens (tertiary/aromatic N) is 2. The number of ketones is 1. The molecule has 0 N–H and O–H groups in total. The first-order chi connectivity index (χ1) is 9.15. The molecule has 0 aliphatic rings. The van der Waals surface area contributed by atoms with Crippen molar-refractivity contribution < 1.29 is 9.18 Å². The molecule has 1 heterocycles. The standard InChI is InChI=1S/C14H8ClFN2O/c15-12-5-1-4-10(13(12)16)11(7-17)14(19)9-3-2-6-18-8-9/h1-6,8,11H. The highest BCUT2D eigenvalue weighted by Gasteiger charge is 2.25. The lowest BCUT2D eigenvalue weighted by Gasteiger charge is -2.10. The minimum Gasteiger partial charge on any atom is -0.292 e. The summed E-state index contributed by atoms with van der Waals surface area (Å²) >= 11 is 5.66. The summed E-state index contributed by atoms with van der Waals surface area (Å²) < 4.78 is 13.9. The third-order valence-corrected chi connectivity index (χ3v) is 2.92. The quantitative estimate of drug-likeness (QED) is 0.807. The fraction of sp³-hybridized carbons (Fsp3) is 0.0714. The summed E-state index contributed by atoms with van der Waals surface area (Å²) in [5.41, 5.74) is 0.234. The molecule has 0 aliphatic carbocycles. The van der Waals surface area contributed by atoms with Crippen LogP contribution < -0.4 is 0 Å². The Balaban J connectivity index is 2.44. The molecule has 1 aromatic carbocycles. The lowest BCUT2D eigenvalue weighted by atomic mass is 9.92. The molecule has 0 spiro atoms. The Kier molecular flexibility index (Phi) is 3.88. The van der Waals surface area contributed by atoms with Crippen molar-refractivity contribution in [3.05, 3.63) is 64.7 Å². The first-order valence-electron chi connectivity index (χ1n) is 5.43. The van der Waals surface area contributed by atoms with Crippen molar-refractivity contribution >= 4 is 17.4 Å². The van der Waals surface area contributed by atoms with Crippen molar-refractivity contribution in [1.29, 1.82) is 5.26 Å². The minimum atomic E-state index is -1.23. The number of pyridine rings is 1. The summed E-state index contributed by atoms with van der Waals surface area (Å²) in [6, 6.07) is 9.16. The van der Waals surface area contributed by atoms with Crippen molar-refractivity contribution in [3.8, 4) is 6.07 Å².